The first-order chi connectivity index (χ1) is 9.83. The third-order valence-electron chi connectivity index (χ3n) is 2.97. The molecule has 0 amide bonds. The predicted octanol–water partition coefficient (Wildman–Crippen LogP) is 2.23. The van der Waals surface area contributed by atoms with Crippen molar-refractivity contribution < 1.29 is 0 Å². The van der Waals surface area contributed by atoms with Crippen LogP contribution < -0.4 is 5.32 Å². The Kier molecular flexibility index (Phi) is 3.36. The van der Waals surface area contributed by atoms with Crippen molar-refractivity contribution in [2.45, 2.75) is 13.0 Å². The van der Waals surface area contributed by atoms with Gasteiger partial charge in [-0.15, -0.1) is 0 Å². The molecule has 3 heterocycles. The molecule has 0 aliphatic heterocycles. The van der Waals surface area contributed by atoms with Crippen molar-refractivity contribution in [2.75, 3.05) is 5.32 Å². The molecule has 0 saturated heterocycles. The lowest BCUT2D eigenvalue weighted by atomic mass is 10.1. The number of aromatic nitrogens is 5. The number of hydrogen-bond donors (Lipinski definition) is 1. The lowest BCUT2D eigenvalue weighted by Crippen LogP contribution is -2.07. The van der Waals surface area contributed by atoms with E-state index in [1.807, 2.05) is 30.5 Å². The molecule has 1 unspecified atom stereocenters. The third-order valence-corrected chi connectivity index (χ3v) is 2.97. The van der Waals surface area contributed by atoms with Crippen molar-refractivity contribution in [2.24, 2.45) is 0 Å². The predicted molar refractivity (Wildman–Crippen MR) is 75.4 cm³/mol. The zero-order chi connectivity index (χ0) is 13.8. The van der Waals surface area contributed by atoms with E-state index in [2.05, 4.69) is 32.3 Å². The topological polar surface area (TPSA) is 68.5 Å². The van der Waals surface area contributed by atoms with Crippen molar-refractivity contribution in [1.82, 2.24) is 24.7 Å². The standard InChI is InChI=1S/C14H14N6/c1-11(12-3-2-6-15-7-12)19-13-4-5-14(17-8-13)20-10-16-9-18-20/h2-11,19H,1H3. The average Bonchev–Trinajstić information content (AvgIpc) is 3.03. The molecule has 20 heavy (non-hydrogen) atoms. The number of anilines is 1. The molecule has 0 fully saturated rings. The lowest BCUT2D eigenvalue weighted by molar-refractivity contribution is 0.840. The molecule has 3 aromatic heterocycles. The van der Waals surface area contributed by atoms with Gasteiger partial charge in [0, 0.05) is 12.4 Å². The SMILES string of the molecule is CC(Nc1ccc(-n2cncn2)nc1)c1cccnc1. The minimum atomic E-state index is 0.169. The van der Waals surface area contributed by atoms with E-state index in [0.29, 0.717) is 0 Å². The van der Waals surface area contributed by atoms with Crippen LogP contribution in [0, 0.1) is 0 Å². The summed E-state index contributed by atoms with van der Waals surface area (Å²) in [5, 5.41) is 7.42. The maximum absolute atomic E-state index is 4.35. The van der Waals surface area contributed by atoms with Gasteiger partial charge in [-0.3, -0.25) is 4.98 Å². The maximum atomic E-state index is 4.35. The van der Waals surface area contributed by atoms with E-state index >= 15 is 0 Å². The molecule has 0 spiro atoms. The molecule has 0 saturated carbocycles. The highest BCUT2D eigenvalue weighted by Gasteiger charge is 2.05. The van der Waals surface area contributed by atoms with Crippen molar-refractivity contribution in [1.29, 1.82) is 0 Å². The number of nitrogens with one attached hydrogen (secondary N) is 1. The minimum Gasteiger partial charge on any atom is -0.377 e. The molecule has 6 nitrogen and oxygen atoms in total. The zero-order valence-corrected chi connectivity index (χ0v) is 11.0. The normalized spacial score (nSPS) is 12.1. The van der Waals surface area contributed by atoms with E-state index in [-0.39, 0.29) is 6.04 Å². The van der Waals surface area contributed by atoms with Crippen LogP contribution in [0.4, 0.5) is 5.69 Å². The van der Waals surface area contributed by atoms with E-state index in [1.165, 1.54) is 6.33 Å². The molecule has 3 aromatic rings. The van der Waals surface area contributed by atoms with Crippen LogP contribution in [0.15, 0.2) is 55.5 Å². The molecule has 0 bridgehead atoms. The number of pyridine rings is 2. The van der Waals surface area contributed by atoms with E-state index < -0.39 is 0 Å². The van der Waals surface area contributed by atoms with E-state index in [1.54, 1.807) is 23.4 Å². The highest BCUT2D eigenvalue weighted by molar-refractivity contribution is 5.45. The van der Waals surface area contributed by atoms with E-state index in [9.17, 15) is 0 Å². The number of hydrogen-bond acceptors (Lipinski definition) is 5. The van der Waals surface area contributed by atoms with Gasteiger partial charge in [-0.2, -0.15) is 5.10 Å². The summed E-state index contributed by atoms with van der Waals surface area (Å²) >= 11 is 0. The van der Waals surface area contributed by atoms with Crippen molar-refractivity contribution in [3.63, 3.8) is 0 Å². The zero-order valence-electron chi connectivity index (χ0n) is 11.0. The Morgan fingerprint density at radius 2 is 2.10 bits per heavy atom. The van der Waals surface area contributed by atoms with Crippen LogP contribution in [0.2, 0.25) is 0 Å². The molecule has 1 atom stereocenters. The minimum absolute atomic E-state index is 0.169. The van der Waals surface area contributed by atoms with E-state index in [0.717, 1.165) is 17.1 Å². The van der Waals surface area contributed by atoms with Gasteiger partial charge >= 0.3 is 0 Å². The molecule has 0 aromatic carbocycles. The van der Waals surface area contributed by atoms with Crippen LogP contribution >= 0.6 is 0 Å². The maximum Gasteiger partial charge on any atom is 0.155 e. The first kappa shape index (κ1) is 12.3. The van der Waals surface area contributed by atoms with Gasteiger partial charge in [0.1, 0.15) is 12.7 Å². The smallest absolute Gasteiger partial charge is 0.155 e. The fourth-order valence-corrected chi connectivity index (χ4v) is 1.90. The fraction of sp³-hybridized carbons (Fsp3) is 0.143. The summed E-state index contributed by atoms with van der Waals surface area (Å²) in [5.41, 5.74) is 2.08. The van der Waals surface area contributed by atoms with Crippen LogP contribution in [0.3, 0.4) is 0 Å². The van der Waals surface area contributed by atoms with Crippen LogP contribution in [0.25, 0.3) is 5.82 Å². The lowest BCUT2D eigenvalue weighted by Gasteiger charge is -2.15. The summed E-state index contributed by atoms with van der Waals surface area (Å²) in [7, 11) is 0. The molecular weight excluding hydrogens is 252 g/mol. The Labute approximate surface area is 116 Å². The average molecular weight is 266 g/mol. The Morgan fingerprint density at radius 3 is 2.75 bits per heavy atom. The van der Waals surface area contributed by atoms with Gasteiger partial charge in [0.25, 0.3) is 0 Å². The van der Waals surface area contributed by atoms with Gasteiger partial charge in [0.15, 0.2) is 5.82 Å². The van der Waals surface area contributed by atoms with Gasteiger partial charge in [-0.05, 0) is 30.7 Å². The van der Waals surface area contributed by atoms with Crippen LogP contribution in [-0.4, -0.2) is 24.7 Å². The molecule has 3 rings (SSSR count). The Balaban J connectivity index is 1.72. The molecule has 0 aliphatic rings. The summed E-state index contributed by atoms with van der Waals surface area (Å²) in [5.74, 6) is 0.738. The molecule has 0 radical (unpaired) electrons. The van der Waals surface area contributed by atoms with Crippen molar-refractivity contribution in [3.8, 4) is 5.82 Å². The second-order valence-electron chi connectivity index (χ2n) is 4.40. The summed E-state index contributed by atoms with van der Waals surface area (Å²) in [6, 6.07) is 8.01. The first-order valence-electron chi connectivity index (χ1n) is 6.30. The summed E-state index contributed by atoms with van der Waals surface area (Å²) in [4.78, 5) is 12.4. The summed E-state index contributed by atoms with van der Waals surface area (Å²) < 4.78 is 1.62. The van der Waals surface area contributed by atoms with Gasteiger partial charge < -0.3 is 5.32 Å². The van der Waals surface area contributed by atoms with Gasteiger partial charge in [-0.1, -0.05) is 6.07 Å². The highest BCUT2D eigenvalue weighted by Crippen LogP contribution is 2.18. The van der Waals surface area contributed by atoms with Gasteiger partial charge in [0.2, 0.25) is 0 Å². The molecular formula is C14H14N6. The second kappa shape index (κ2) is 5.48. The van der Waals surface area contributed by atoms with Crippen LogP contribution in [0.1, 0.15) is 18.5 Å². The Bertz CT molecular complexity index is 648. The Morgan fingerprint density at radius 1 is 1.15 bits per heavy atom. The van der Waals surface area contributed by atoms with Crippen LogP contribution in [-0.2, 0) is 0 Å². The molecule has 100 valence electrons. The summed E-state index contributed by atoms with van der Waals surface area (Å²) in [6.07, 6.45) is 8.51. The monoisotopic (exact) mass is 266 g/mol. The van der Waals surface area contributed by atoms with Gasteiger partial charge in [-0.25, -0.2) is 14.6 Å². The molecule has 1 N–H and O–H groups in total. The number of rotatable bonds is 4. The summed E-state index contributed by atoms with van der Waals surface area (Å²) in [6.45, 7) is 2.09. The first-order valence-corrected chi connectivity index (χ1v) is 6.30. The second-order valence-corrected chi connectivity index (χ2v) is 4.40. The molecule has 6 heteroatoms. The fourth-order valence-electron chi connectivity index (χ4n) is 1.90. The molecule has 0 aliphatic carbocycles. The van der Waals surface area contributed by atoms with Crippen molar-refractivity contribution >= 4 is 5.69 Å². The largest absolute Gasteiger partial charge is 0.377 e. The van der Waals surface area contributed by atoms with Gasteiger partial charge in [0.05, 0.1) is 17.9 Å². The Hall–Kier alpha value is -2.76. The quantitative estimate of drug-likeness (QED) is 0.784. The third kappa shape index (κ3) is 2.64. The highest BCUT2D eigenvalue weighted by atomic mass is 15.3. The number of nitrogens with zero attached hydrogens (tertiary/aromatic N) is 5. The van der Waals surface area contributed by atoms with Crippen molar-refractivity contribution in [3.05, 3.63) is 61.1 Å². The van der Waals surface area contributed by atoms with E-state index in [4.69, 9.17) is 0 Å². The van der Waals surface area contributed by atoms with Crippen LogP contribution in [0.5, 0.6) is 0 Å².